The molecule has 1 aliphatic heterocycles. The van der Waals surface area contributed by atoms with Crippen molar-refractivity contribution in [3.63, 3.8) is 0 Å². The normalized spacial score (nSPS) is 20.3. The maximum atomic E-state index is 11.7. The van der Waals surface area contributed by atoms with Crippen LogP contribution in [-0.2, 0) is 4.74 Å². The molecule has 0 amide bonds. The molecule has 2 aromatic heterocycles. The molecular weight excluding hydrogens is 326 g/mol. The second kappa shape index (κ2) is 6.84. The predicted molar refractivity (Wildman–Crippen MR) is 103 cm³/mol. The van der Waals surface area contributed by atoms with Crippen molar-refractivity contribution < 1.29 is 9.53 Å². The number of ether oxygens (including phenoxy) is 1. The number of morpholine rings is 1. The summed E-state index contributed by atoms with van der Waals surface area (Å²) in [7, 11) is 0. The van der Waals surface area contributed by atoms with Crippen molar-refractivity contribution in [3.8, 4) is 11.3 Å². The number of para-hydroxylation sites is 1. The number of carbonyl (C=O) groups excluding carboxylic acids is 1. The van der Waals surface area contributed by atoms with Crippen LogP contribution in [-0.4, -0.2) is 41.6 Å². The first-order chi connectivity index (χ1) is 12.7. The highest BCUT2D eigenvalue weighted by Crippen LogP contribution is 2.29. The van der Waals surface area contributed by atoms with E-state index in [9.17, 15) is 4.79 Å². The number of aromatic nitrogens is 2. The summed E-state index contributed by atoms with van der Waals surface area (Å²) in [5.74, 6) is 0. The van der Waals surface area contributed by atoms with Gasteiger partial charge in [-0.25, -0.2) is 4.98 Å². The van der Waals surface area contributed by atoms with E-state index in [0.29, 0.717) is 5.69 Å². The Morgan fingerprint density at radius 3 is 2.62 bits per heavy atom. The molecule has 5 nitrogen and oxygen atoms in total. The Morgan fingerprint density at radius 2 is 1.85 bits per heavy atom. The second-order valence-electron chi connectivity index (χ2n) is 6.76. The number of benzene rings is 1. The highest BCUT2D eigenvalue weighted by atomic mass is 16.5. The lowest BCUT2D eigenvalue weighted by Crippen LogP contribution is -2.45. The first-order valence-corrected chi connectivity index (χ1v) is 8.86. The van der Waals surface area contributed by atoms with Crippen LogP contribution in [0.25, 0.3) is 22.2 Å². The summed E-state index contributed by atoms with van der Waals surface area (Å²) in [6.07, 6.45) is 2.86. The molecule has 0 unspecified atom stereocenters. The molecule has 0 radical (unpaired) electrons. The van der Waals surface area contributed by atoms with Gasteiger partial charge in [-0.05, 0) is 32.0 Å². The van der Waals surface area contributed by atoms with E-state index >= 15 is 0 Å². The molecule has 1 fully saturated rings. The van der Waals surface area contributed by atoms with Crippen molar-refractivity contribution >= 4 is 22.9 Å². The van der Waals surface area contributed by atoms with E-state index in [2.05, 4.69) is 14.9 Å². The molecule has 0 bridgehead atoms. The van der Waals surface area contributed by atoms with Gasteiger partial charge in [-0.1, -0.05) is 24.3 Å². The minimum Gasteiger partial charge on any atom is -0.372 e. The smallest absolute Gasteiger partial charge is 0.170 e. The van der Waals surface area contributed by atoms with E-state index in [-0.39, 0.29) is 12.2 Å². The molecule has 2 atom stereocenters. The maximum absolute atomic E-state index is 11.7. The number of aldehydes is 1. The van der Waals surface area contributed by atoms with Crippen molar-refractivity contribution in [2.24, 2.45) is 0 Å². The summed E-state index contributed by atoms with van der Waals surface area (Å²) in [5.41, 5.74) is 3.90. The number of anilines is 1. The fourth-order valence-electron chi connectivity index (χ4n) is 3.66. The van der Waals surface area contributed by atoms with Gasteiger partial charge in [-0.2, -0.15) is 0 Å². The van der Waals surface area contributed by atoms with Crippen molar-refractivity contribution in [2.75, 3.05) is 18.0 Å². The molecule has 1 aromatic carbocycles. The van der Waals surface area contributed by atoms with Crippen LogP contribution in [0.5, 0.6) is 0 Å². The number of hydrogen-bond donors (Lipinski definition) is 0. The Morgan fingerprint density at radius 1 is 1.08 bits per heavy atom. The van der Waals surface area contributed by atoms with Crippen molar-refractivity contribution in [3.05, 3.63) is 54.4 Å². The summed E-state index contributed by atoms with van der Waals surface area (Å²) in [6.45, 7) is 5.60. The predicted octanol–water partition coefficient (Wildman–Crippen LogP) is 3.72. The summed E-state index contributed by atoms with van der Waals surface area (Å²) in [6, 6.07) is 13.9. The van der Waals surface area contributed by atoms with Gasteiger partial charge in [0.25, 0.3) is 0 Å². The minimum atomic E-state index is 0.125. The third-order valence-electron chi connectivity index (χ3n) is 4.68. The Balaban J connectivity index is 1.77. The molecule has 1 saturated heterocycles. The quantitative estimate of drug-likeness (QED) is 0.676. The highest BCUT2D eigenvalue weighted by molar-refractivity contribution is 5.93. The van der Waals surface area contributed by atoms with Crippen LogP contribution < -0.4 is 4.90 Å². The molecule has 4 rings (SSSR count). The van der Waals surface area contributed by atoms with Gasteiger partial charge in [0.1, 0.15) is 5.69 Å². The molecular formula is C21H21N3O2. The zero-order chi connectivity index (χ0) is 18.1. The molecule has 5 heteroatoms. The fraction of sp³-hybridized carbons (Fsp3) is 0.286. The fourth-order valence-corrected chi connectivity index (χ4v) is 3.66. The molecule has 3 heterocycles. The first-order valence-electron chi connectivity index (χ1n) is 8.86. The Bertz CT molecular complexity index is 942. The van der Waals surface area contributed by atoms with Crippen LogP contribution in [0.2, 0.25) is 0 Å². The number of carbonyl (C=O) groups is 1. The van der Waals surface area contributed by atoms with E-state index in [1.54, 1.807) is 6.20 Å². The molecule has 26 heavy (non-hydrogen) atoms. The van der Waals surface area contributed by atoms with Gasteiger partial charge in [-0.3, -0.25) is 9.78 Å². The topological polar surface area (TPSA) is 55.3 Å². The van der Waals surface area contributed by atoms with E-state index in [1.807, 2.05) is 56.3 Å². The average Bonchev–Trinajstić information content (AvgIpc) is 2.66. The van der Waals surface area contributed by atoms with Gasteiger partial charge in [0.15, 0.2) is 6.29 Å². The van der Waals surface area contributed by atoms with Gasteiger partial charge < -0.3 is 9.64 Å². The van der Waals surface area contributed by atoms with Gasteiger partial charge in [0.05, 0.1) is 29.1 Å². The molecule has 0 saturated carbocycles. The van der Waals surface area contributed by atoms with Gasteiger partial charge in [-0.15, -0.1) is 0 Å². The zero-order valence-corrected chi connectivity index (χ0v) is 14.9. The Kier molecular flexibility index (Phi) is 4.39. The lowest BCUT2D eigenvalue weighted by molar-refractivity contribution is -0.00527. The van der Waals surface area contributed by atoms with Crippen molar-refractivity contribution in [1.29, 1.82) is 0 Å². The standard InChI is InChI=1S/C21H21N3O2/c1-14-11-24(12-15(2)26-14)20-9-8-18(23-19(20)13-25)17-7-3-5-16-6-4-10-22-21(16)17/h3-10,13-15H,11-12H2,1-2H3/t14-,15+. The van der Waals surface area contributed by atoms with Crippen LogP contribution in [0.3, 0.4) is 0 Å². The van der Waals surface area contributed by atoms with Crippen LogP contribution in [0.1, 0.15) is 24.3 Å². The Labute approximate surface area is 152 Å². The number of fused-ring (bicyclic) bond motifs is 1. The number of hydrogen-bond acceptors (Lipinski definition) is 5. The first kappa shape index (κ1) is 16.7. The zero-order valence-electron chi connectivity index (χ0n) is 14.9. The van der Waals surface area contributed by atoms with E-state index in [1.165, 1.54) is 0 Å². The molecule has 132 valence electrons. The van der Waals surface area contributed by atoms with Crippen molar-refractivity contribution in [2.45, 2.75) is 26.1 Å². The van der Waals surface area contributed by atoms with Crippen LogP contribution in [0.4, 0.5) is 5.69 Å². The number of nitrogens with zero attached hydrogens (tertiary/aromatic N) is 3. The molecule has 0 aliphatic carbocycles. The van der Waals surface area contributed by atoms with E-state index in [0.717, 1.165) is 47.2 Å². The third-order valence-corrected chi connectivity index (χ3v) is 4.68. The molecule has 1 aliphatic rings. The maximum Gasteiger partial charge on any atom is 0.170 e. The van der Waals surface area contributed by atoms with Gasteiger partial charge in [0.2, 0.25) is 0 Å². The van der Waals surface area contributed by atoms with Crippen LogP contribution in [0.15, 0.2) is 48.7 Å². The van der Waals surface area contributed by atoms with Gasteiger partial charge in [0, 0.05) is 30.2 Å². The third kappa shape index (κ3) is 3.06. The monoisotopic (exact) mass is 347 g/mol. The van der Waals surface area contributed by atoms with Gasteiger partial charge >= 0.3 is 0 Å². The molecule has 0 spiro atoms. The number of rotatable bonds is 3. The summed E-state index contributed by atoms with van der Waals surface area (Å²) in [5, 5.41) is 1.05. The Hall–Kier alpha value is -2.79. The van der Waals surface area contributed by atoms with E-state index in [4.69, 9.17) is 4.74 Å². The lowest BCUT2D eigenvalue weighted by atomic mass is 10.1. The average molecular weight is 347 g/mol. The van der Waals surface area contributed by atoms with E-state index < -0.39 is 0 Å². The second-order valence-corrected chi connectivity index (χ2v) is 6.76. The lowest BCUT2D eigenvalue weighted by Gasteiger charge is -2.37. The summed E-state index contributed by atoms with van der Waals surface area (Å²) in [4.78, 5) is 23.1. The largest absolute Gasteiger partial charge is 0.372 e. The molecule has 3 aromatic rings. The SMILES string of the molecule is C[C@@H]1CN(c2ccc(-c3cccc4cccnc34)nc2C=O)C[C@H](C)O1. The van der Waals surface area contributed by atoms with Crippen LogP contribution in [0, 0.1) is 0 Å². The summed E-state index contributed by atoms with van der Waals surface area (Å²) >= 11 is 0. The van der Waals surface area contributed by atoms with Crippen molar-refractivity contribution in [1.82, 2.24) is 9.97 Å². The molecule has 0 N–H and O–H groups in total. The summed E-state index contributed by atoms with van der Waals surface area (Å²) < 4.78 is 5.79. The number of pyridine rings is 2. The van der Waals surface area contributed by atoms with Crippen LogP contribution >= 0.6 is 0 Å². The highest BCUT2D eigenvalue weighted by Gasteiger charge is 2.24. The minimum absolute atomic E-state index is 0.125.